The smallest absolute Gasteiger partial charge is 0.328 e. The molecule has 21 heavy (non-hydrogen) atoms. The van der Waals surface area contributed by atoms with Crippen LogP contribution < -0.4 is 4.90 Å². The molecule has 116 valence electrons. The Morgan fingerprint density at radius 3 is 2.52 bits per heavy atom. The van der Waals surface area contributed by atoms with Crippen molar-refractivity contribution in [2.45, 2.75) is 33.6 Å². The van der Waals surface area contributed by atoms with E-state index >= 15 is 0 Å². The molecule has 1 rings (SSSR count). The van der Waals surface area contributed by atoms with Gasteiger partial charge in [0, 0.05) is 29.3 Å². The number of anilines is 1. The number of halogens is 1. The van der Waals surface area contributed by atoms with Gasteiger partial charge in [-0.05, 0) is 42.7 Å². The second kappa shape index (κ2) is 8.88. The highest BCUT2D eigenvalue weighted by Gasteiger charge is 2.13. The van der Waals surface area contributed by atoms with E-state index in [2.05, 4.69) is 47.7 Å². The molecule has 0 aliphatic heterocycles. The van der Waals surface area contributed by atoms with Crippen LogP contribution in [0.15, 0.2) is 28.7 Å². The van der Waals surface area contributed by atoms with Gasteiger partial charge in [-0.2, -0.15) is 0 Å². The van der Waals surface area contributed by atoms with E-state index in [1.165, 1.54) is 6.08 Å². The minimum Gasteiger partial charge on any atom is -0.478 e. The van der Waals surface area contributed by atoms with E-state index in [0.29, 0.717) is 5.92 Å². The molecule has 0 spiro atoms. The molecule has 0 aromatic heterocycles. The van der Waals surface area contributed by atoms with Gasteiger partial charge in [0.05, 0.1) is 0 Å². The van der Waals surface area contributed by atoms with Crippen molar-refractivity contribution in [2.75, 3.05) is 18.0 Å². The molecule has 4 heteroatoms. The van der Waals surface area contributed by atoms with E-state index < -0.39 is 5.97 Å². The molecule has 1 aromatic carbocycles. The van der Waals surface area contributed by atoms with Gasteiger partial charge >= 0.3 is 5.97 Å². The first-order valence-electron chi connectivity index (χ1n) is 7.47. The number of aliphatic carboxylic acids is 1. The predicted molar refractivity (Wildman–Crippen MR) is 92.8 cm³/mol. The topological polar surface area (TPSA) is 40.5 Å². The van der Waals surface area contributed by atoms with Crippen LogP contribution in [0.5, 0.6) is 0 Å². The van der Waals surface area contributed by atoms with Crippen molar-refractivity contribution in [2.24, 2.45) is 5.92 Å². The largest absolute Gasteiger partial charge is 0.478 e. The van der Waals surface area contributed by atoms with Gasteiger partial charge in [0.25, 0.3) is 0 Å². The molecule has 0 saturated heterocycles. The van der Waals surface area contributed by atoms with Gasteiger partial charge < -0.3 is 10.0 Å². The van der Waals surface area contributed by atoms with Crippen molar-refractivity contribution in [3.05, 3.63) is 34.3 Å². The zero-order chi connectivity index (χ0) is 15.8. The van der Waals surface area contributed by atoms with Crippen LogP contribution in [0.1, 0.15) is 39.2 Å². The molecule has 0 saturated carbocycles. The summed E-state index contributed by atoms with van der Waals surface area (Å²) >= 11 is 3.45. The van der Waals surface area contributed by atoms with Gasteiger partial charge in [-0.15, -0.1) is 0 Å². The van der Waals surface area contributed by atoms with Gasteiger partial charge in [-0.25, -0.2) is 4.79 Å². The Morgan fingerprint density at radius 2 is 2.00 bits per heavy atom. The highest BCUT2D eigenvalue weighted by Crippen LogP contribution is 2.27. The molecule has 0 aliphatic rings. The molecule has 0 bridgehead atoms. The van der Waals surface area contributed by atoms with Gasteiger partial charge in [0.2, 0.25) is 0 Å². The standard InChI is InChI=1S/C17H24BrNO2/c1-4-13(5-2)12-19(6-3)16-9-8-15(18)11-14(16)7-10-17(20)21/h7-11,13H,4-6,12H2,1-3H3,(H,20,21)/b10-7+. The Kier molecular flexibility index (Phi) is 7.51. The molecule has 0 amide bonds. The van der Waals surface area contributed by atoms with Gasteiger partial charge in [-0.1, -0.05) is 42.6 Å². The van der Waals surface area contributed by atoms with Crippen molar-refractivity contribution < 1.29 is 9.90 Å². The molecule has 0 heterocycles. The molecule has 0 unspecified atom stereocenters. The summed E-state index contributed by atoms with van der Waals surface area (Å²) in [6.45, 7) is 8.48. The molecular formula is C17H24BrNO2. The fourth-order valence-corrected chi connectivity index (χ4v) is 2.74. The van der Waals surface area contributed by atoms with E-state index in [1.54, 1.807) is 6.08 Å². The molecule has 3 nitrogen and oxygen atoms in total. The summed E-state index contributed by atoms with van der Waals surface area (Å²) in [6, 6.07) is 6.02. The van der Waals surface area contributed by atoms with E-state index in [-0.39, 0.29) is 0 Å². The molecular weight excluding hydrogens is 330 g/mol. The lowest BCUT2D eigenvalue weighted by atomic mass is 10.0. The number of carbonyl (C=O) groups is 1. The van der Waals surface area contributed by atoms with Crippen LogP contribution in [0.25, 0.3) is 6.08 Å². The zero-order valence-electron chi connectivity index (χ0n) is 13.0. The average molecular weight is 354 g/mol. The molecule has 1 aromatic rings. The van der Waals surface area contributed by atoms with Gasteiger partial charge in [0.15, 0.2) is 0 Å². The molecule has 0 atom stereocenters. The summed E-state index contributed by atoms with van der Waals surface area (Å²) < 4.78 is 0.954. The normalized spacial score (nSPS) is 11.3. The summed E-state index contributed by atoms with van der Waals surface area (Å²) in [7, 11) is 0. The number of rotatable bonds is 8. The highest BCUT2D eigenvalue weighted by atomic mass is 79.9. The van der Waals surface area contributed by atoms with Crippen LogP contribution >= 0.6 is 15.9 Å². The van der Waals surface area contributed by atoms with Crippen molar-refractivity contribution in [3.8, 4) is 0 Å². The minimum absolute atomic E-state index is 0.657. The van der Waals surface area contributed by atoms with Crippen molar-refractivity contribution in [1.82, 2.24) is 0 Å². The van der Waals surface area contributed by atoms with Crippen LogP contribution in [0.3, 0.4) is 0 Å². The van der Waals surface area contributed by atoms with Crippen LogP contribution in [0.2, 0.25) is 0 Å². The van der Waals surface area contributed by atoms with Crippen molar-refractivity contribution >= 4 is 33.7 Å². The summed E-state index contributed by atoms with van der Waals surface area (Å²) in [5.41, 5.74) is 2.02. The first-order chi connectivity index (χ1) is 10.0. The number of carboxylic acids is 1. The maximum atomic E-state index is 10.8. The van der Waals surface area contributed by atoms with Crippen LogP contribution in [-0.4, -0.2) is 24.2 Å². The number of nitrogens with zero attached hydrogens (tertiary/aromatic N) is 1. The van der Waals surface area contributed by atoms with E-state index in [1.807, 2.05) is 12.1 Å². The zero-order valence-corrected chi connectivity index (χ0v) is 14.6. The van der Waals surface area contributed by atoms with E-state index in [0.717, 1.165) is 41.7 Å². The molecule has 0 fully saturated rings. The summed E-state index contributed by atoms with van der Waals surface area (Å²) in [4.78, 5) is 13.1. The second-order valence-electron chi connectivity index (χ2n) is 5.10. The monoisotopic (exact) mass is 353 g/mol. The van der Waals surface area contributed by atoms with Crippen molar-refractivity contribution in [1.29, 1.82) is 0 Å². The molecule has 1 N–H and O–H groups in total. The Balaban J connectivity index is 3.10. The summed E-state index contributed by atoms with van der Waals surface area (Å²) in [6.07, 6.45) is 5.17. The third-order valence-electron chi connectivity index (χ3n) is 3.75. The van der Waals surface area contributed by atoms with Gasteiger partial charge in [0.1, 0.15) is 0 Å². The fourth-order valence-electron chi connectivity index (χ4n) is 2.36. The van der Waals surface area contributed by atoms with Crippen LogP contribution in [0, 0.1) is 5.92 Å². The molecule has 0 aliphatic carbocycles. The first-order valence-corrected chi connectivity index (χ1v) is 8.26. The van der Waals surface area contributed by atoms with Crippen LogP contribution in [-0.2, 0) is 4.79 Å². The Labute approximate surface area is 135 Å². The minimum atomic E-state index is -0.927. The summed E-state index contributed by atoms with van der Waals surface area (Å²) in [5, 5.41) is 8.84. The fraction of sp³-hybridized carbons (Fsp3) is 0.471. The van der Waals surface area contributed by atoms with Crippen molar-refractivity contribution in [3.63, 3.8) is 0 Å². The lowest BCUT2D eigenvalue weighted by Gasteiger charge is -2.29. The Bertz CT molecular complexity index is 496. The second-order valence-corrected chi connectivity index (χ2v) is 6.01. The highest BCUT2D eigenvalue weighted by molar-refractivity contribution is 9.10. The van der Waals surface area contributed by atoms with E-state index in [4.69, 9.17) is 5.11 Å². The Hall–Kier alpha value is -1.29. The number of carboxylic acid groups (broad SMARTS) is 1. The lowest BCUT2D eigenvalue weighted by molar-refractivity contribution is -0.131. The lowest BCUT2D eigenvalue weighted by Crippen LogP contribution is -2.29. The number of hydrogen-bond donors (Lipinski definition) is 1. The third kappa shape index (κ3) is 5.54. The van der Waals surface area contributed by atoms with E-state index in [9.17, 15) is 4.79 Å². The third-order valence-corrected chi connectivity index (χ3v) is 4.24. The number of hydrogen-bond acceptors (Lipinski definition) is 2. The molecule has 0 radical (unpaired) electrons. The average Bonchev–Trinajstić information content (AvgIpc) is 2.47. The summed E-state index contributed by atoms with van der Waals surface area (Å²) in [5.74, 6) is -0.270. The predicted octanol–water partition coefficient (Wildman–Crippen LogP) is 4.81. The van der Waals surface area contributed by atoms with Crippen LogP contribution in [0.4, 0.5) is 5.69 Å². The maximum Gasteiger partial charge on any atom is 0.328 e. The first kappa shape index (κ1) is 17.8. The SMILES string of the molecule is CCC(CC)CN(CC)c1ccc(Br)cc1/C=C/C(=O)O. The quantitative estimate of drug-likeness (QED) is 0.681. The number of benzene rings is 1. The van der Waals surface area contributed by atoms with Gasteiger partial charge in [-0.3, -0.25) is 0 Å². The maximum absolute atomic E-state index is 10.8. The Morgan fingerprint density at radius 1 is 1.33 bits per heavy atom.